The molecule has 1 aliphatic heterocycles. The van der Waals surface area contributed by atoms with Crippen molar-refractivity contribution in [2.75, 3.05) is 11.4 Å². The largest absolute Gasteiger partial charge is 0.340 e. The second kappa shape index (κ2) is 4.90. The Morgan fingerprint density at radius 3 is 2.76 bits per heavy atom. The predicted octanol–water partition coefficient (Wildman–Crippen LogP) is 3.82. The summed E-state index contributed by atoms with van der Waals surface area (Å²) in [6, 6.07) is 16.2. The number of rotatable bonds is 1. The average molecular weight is 297 g/mol. The van der Waals surface area contributed by atoms with Crippen molar-refractivity contribution in [3.05, 3.63) is 59.2 Å². The first-order chi connectivity index (χ1) is 10.3. The zero-order chi connectivity index (χ0) is 14.2. The maximum Gasteiger partial charge on any atom is 0.118 e. The number of halogens is 1. The number of hydrogen-bond donors (Lipinski definition) is 1. The van der Waals surface area contributed by atoms with Crippen LogP contribution in [-0.2, 0) is 6.42 Å². The fourth-order valence-electron chi connectivity index (χ4n) is 2.79. The van der Waals surface area contributed by atoms with E-state index >= 15 is 0 Å². The van der Waals surface area contributed by atoms with Crippen LogP contribution in [0.25, 0.3) is 11.3 Å². The minimum Gasteiger partial charge on any atom is -0.340 e. The summed E-state index contributed by atoms with van der Waals surface area (Å²) in [4.78, 5) is 2.27. The molecule has 0 atom stereocenters. The molecule has 0 amide bonds. The Kier molecular flexibility index (Phi) is 2.89. The van der Waals surface area contributed by atoms with Crippen LogP contribution in [0.15, 0.2) is 48.5 Å². The summed E-state index contributed by atoms with van der Waals surface area (Å²) in [6.07, 6.45) is 0.840. The maximum atomic E-state index is 6.21. The molecule has 0 fully saturated rings. The summed E-state index contributed by atoms with van der Waals surface area (Å²) in [6.45, 7) is 0.844. The summed E-state index contributed by atoms with van der Waals surface area (Å²) >= 11 is 6.21. The molecule has 21 heavy (non-hydrogen) atoms. The van der Waals surface area contributed by atoms with Gasteiger partial charge in [-0.05, 0) is 30.3 Å². The normalized spacial score (nSPS) is 13.5. The quantitative estimate of drug-likeness (QED) is 0.742. The van der Waals surface area contributed by atoms with Gasteiger partial charge in [-0.3, -0.25) is 0 Å². The SMILES string of the molecule is Clc1ccc2c(c1)N(c1ccccc1)CCc1n[nH]nc1-2. The van der Waals surface area contributed by atoms with Gasteiger partial charge in [-0.25, -0.2) is 0 Å². The van der Waals surface area contributed by atoms with Gasteiger partial charge in [0.1, 0.15) is 5.69 Å². The van der Waals surface area contributed by atoms with Crippen LogP contribution in [0.2, 0.25) is 5.02 Å². The van der Waals surface area contributed by atoms with E-state index in [9.17, 15) is 0 Å². The fraction of sp³-hybridized carbons (Fsp3) is 0.125. The van der Waals surface area contributed by atoms with Crippen molar-refractivity contribution >= 4 is 23.0 Å². The molecule has 5 heteroatoms. The van der Waals surface area contributed by atoms with E-state index in [1.165, 1.54) is 0 Å². The molecule has 0 saturated heterocycles. The van der Waals surface area contributed by atoms with Crippen LogP contribution in [0.1, 0.15) is 5.69 Å². The third kappa shape index (κ3) is 2.08. The third-order valence-electron chi connectivity index (χ3n) is 3.77. The highest BCUT2D eigenvalue weighted by atomic mass is 35.5. The molecular weight excluding hydrogens is 284 g/mol. The van der Waals surface area contributed by atoms with Gasteiger partial charge in [0.15, 0.2) is 0 Å². The van der Waals surface area contributed by atoms with E-state index in [0.717, 1.165) is 46.3 Å². The molecule has 104 valence electrons. The van der Waals surface area contributed by atoms with Crippen molar-refractivity contribution in [3.8, 4) is 11.3 Å². The number of anilines is 2. The van der Waals surface area contributed by atoms with E-state index in [1.54, 1.807) is 0 Å². The first-order valence-corrected chi connectivity index (χ1v) is 7.23. The van der Waals surface area contributed by atoms with Gasteiger partial charge in [0.05, 0.1) is 11.4 Å². The Hall–Kier alpha value is -2.33. The van der Waals surface area contributed by atoms with E-state index in [0.29, 0.717) is 0 Å². The number of nitrogens with one attached hydrogen (secondary N) is 1. The monoisotopic (exact) mass is 296 g/mol. The number of aromatic amines is 1. The second-order valence-electron chi connectivity index (χ2n) is 5.02. The number of aromatic nitrogens is 3. The number of para-hydroxylation sites is 1. The maximum absolute atomic E-state index is 6.21. The van der Waals surface area contributed by atoms with Crippen LogP contribution in [0.3, 0.4) is 0 Å². The fourth-order valence-corrected chi connectivity index (χ4v) is 2.95. The number of nitrogens with zero attached hydrogens (tertiary/aromatic N) is 3. The standard InChI is InChI=1S/C16H13ClN4/c17-11-6-7-13-15(10-11)21(12-4-2-1-3-5-12)9-8-14-16(13)19-20-18-14/h1-7,10H,8-9H2,(H,18,19,20). The molecule has 4 rings (SSSR count). The lowest BCUT2D eigenvalue weighted by atomic mass is 10.1. The van der Waals surface area contributed by atoms with Crippen molar-refractivity contribution in [3.63, 3.8) is 0 Å². The molecule has 1 N–H and O–H groups in total. The minimum atomic E-state index is 0.724. The van der Waals surface area contributed by atoms with Crippen molar-refractivity contribution in [1.82, 2.24) is 15.4 Å². The van der Waals surface area contributed by atoms with E-state index in [1.807, 2.05) is 36.4 Å². The van der Waals surface area contributed by atoms with E-state index in [-0.39, 0.29) is 0 Å². The van der Waals surface area contributed by atoms with Crippen LogP contribution in [0.4, 0.5) is 11.4 Å². The molecule has 0 aliphatic carbocycles. The van der Waals surface area contributed by atoms with Crippen molar-refractivity contribution in [2.24, 2.45) is 0 Å². The molecular formula is C16H13ClN4. The summed E-state index contributed by atoms with van der Waals surface area (Å²) < 4.78 is 0. The van der Waals surface area contributed by atoms with Gasteiger partial charge in [-0.15, -0.1) is 0 Å². The summed E-state index contributed by atoms with van der Waals surface area (Å²) in [5.41, 5.74) is 5.19. The molecule has 0 bridgehead atoms. The number of hydrogen-bond acceptors (Lipinski definition) is 3. The smallest absolute Gasteiger partial charge is 0.118 e. The van der Waals surface area contributed by atoms with Crippen LogP contribution in [0.5, 0.6) is 0 Å². The van der Waals surface area contributed by atoms with Gasteiger partial charge in [-0.1, -0.05) is 29.8 Å². The van der Waals surface area contributed by atoms with E-state index in [2.05, 4.69) is 32.4 Å². The zero-order valence-electron chi connectivity index (χ0n) is 11.3. The third-order valence-corrected chi connectivity index (χ3v) is 4.00. The van der Waals surface area contributed by atoms with E-state index < -0.39 is 0 Å². The molecule has 0 unspecified atom stereocenters. The molecule has 2 aromatic carbocycles. The number of H-pyrrole nitrogens is 1. The topological polar surface area (TPSA) is 44.8 Å². The van der Waals surface area contributed by atoms with E-state index in [4.69, 9.17) is 11.6 Å². The Balaban J connectivity index is 1.93. The number of fused-ring (bicyclic) bond motifs is 3. The minimum absolute atomic E-state index is 0.724. The second-order valence-corrected chi connectivity index (χ2v) is 5.45. The van der Waals surface area contributed by atoms with Gasteiger partial charge < -0.3 is 4.90 Å². The lowest BCUT2D eigenvalue weighted by Crippen LogP contribution is -2.19. The zero-order valence-corrected chi connectivity index (χ0v) is 12.0. The Morgan fingerprint density at radius 1 is 1.05 bits per heavy atom. The Labute approximate surface area is 127 Å². The highest BCUT2D eigenvalue weighted by Gasteiger charge is 2.23. The van der Waals surface area contributed by atoms with Gasteiger partial charge >= 0.3 is 0 Å². The van der Waals surface area contributed by atoms with Gasteiger partial charge in [0.25, 0.3) is 0 Å². The molecule has 1 aliphatic rings. The molecule has 0 spiro atoms. The van der Waals surface area contributed by atoms with Crippen LogP contribution < -0.4 is 4.90 Å². The first kappa shape index (κ1) is 12.4. The van der Waals surface area contributed by atoms with Crippen molar-refractivity contribution < 1.29 is 0 Å². The molecule has 0 saturated carbocycles. The summed E-state index contributed by atoms with van der Waals surface area (Å²) in [5, 5.41) is 12.0. The van der Waals surface area contributed by atoms with Gasteiger partial charge in [0, 0.05) is 29.2 Å². The predicted molar refractivity (Wildman–Crippen MR) is 84.0 cm³/mol. The molecule has 1 aromatic heterocycles. The van der Waals surface area contributed by atoms with Gasteiger partial charge in [-0.2, -0.15) is 15.4 Å². The Bertz CT molecular complexity index is 782. The van der Waals surface area contributed by atoms with Crippen molar-refractivity contribution in [2.45, 2.75) is 6.42 Å². The molecule has 2 heterocycles. The number of benzene rings is 2. The first-order valence-electron chi connectivity index (χ1n) is 6.85. The molecule has 3 aromatic rings. The Morgan fingerprint density at radius 2 is 1.90 bits per heavy atom. The van der Waals surface area contributed by atoms with Crippen LogP contribution in [-0.4, -0.2) is 22.0 Å². The average Bonchev–Trinajstić information content (AvgIpc) is 2.92. The molecule has 0 radical (unpaired) electrons. The van der Waals surface area contributed by atoms with Crippen LogP contribution >= 0.6 is 11.6 Å². The lowest BCUT2D eigenvalue weighted by Gasteiger charge is -2.25. The van der Waals surface area contributed by atoms with Gasteiger partial charge in [0.2, 0.25) is 0 Å². The molecule has 4 nitrogen and oxygen atoms in total. The van der Waals surface area contributed by atoms with Crippen molar-refractivity contribution in [1.29, 1.82) is 0 Å². The summed E-state index contributed by atoms with van der Waals surface area (Å²) in [7, 11) is 0. The van der Waals surface area contributed by atoms with Crippen LogP contribution in [0, 0.1) is 0 Å². The highest BCUT2D eigenvalue weighted by molar-refractivity contribution is 6.31. The highest BCUT2D eigenvalue weighted by Crippen LogP contribution is 2.39. The lowest BCUT2D eigenvalue weighted by molar-refractivity contribution is 0.859. The summed E-state index contributed by atoms with van der Waals surface area (Å²) in [5.74, 6) is 0.